The Hall–Kier alpha value is -4.22. The summed E-state index contributed by atoms with van der Waals surface area (Å²) in [5, 5.41) is 0. The second-order valence-electron chi connectivity index (χ2n) is 12.9. The number of rotatable bonds is 10. The maximum atomic E-state index is 12.3. The van der Waals surface area contributed by atoms with Gasteiger partial charge in [0.05, 0.1) is 11.8 Å². The molecule has 10 heteroatoms. The highest BCUT2D eigenvalue weighted by Crippen LogP contribution is 2.45. The molecule has 0 bridgehead atoms. The van der Waals surface area contributed by atoms with Crippen LogP contribution in [-0.4, -0.2) is 19.5 Å². The minimum atomic E-state index is -4.41. The number of fused-ring (bicyclic) bond motifs is 2. The summed E-state index contributed by atoms with van der Waals surface area (Å²) in [5.74, 6) is 1.09. The maximum absolute atomic E-state index is 12.3. The summed E-state index contributed by atoms with van der Waals surface area (Å²) < 4.78 is 50.9. The Morgan fingerprint density at radius 3 is 2.16 bits per heavy atom. The average molecular weight is 830 g/mol. The van der Waals surface area contributed by atoms with Gasteiger partial charge >= 0.3 is 16.0 Å². The van der Waals surface area contributed by atoms with Crippen LogP contribution in [0.15, 0.2) is 140 Å². The predicted octanol–water partition coefficient (Wildman–Crippen LogP) is 10.9. The van der Waals surface area contributed by atoms with Crippen molar-refractivity contribution in [3.05, 3.63) is 142 Å². The van der Waals surface area contributed by atoms with E-state index in [0.717, 1.165) is 61.1 Å². The third-order valence-electron chi connectivity index (χ3n) is 9.53. The molecular formula is C41H37Br2N2O5S+. The Morgan fingerprint density at radius 1 is 0.902 bits per heavy atom. The molecule has 7 nitrogen and oxygen atoms in total. The van der Waals surface area contributed by atoms with Gasteiger partial charge in [-0.25, -0.2) is 0 Å². The molecule has 7 rings (SSSR count). The molecule has 2 heterocycles. The SMILES string of the molecule is CCC(/C=C1\Oc2ccc(-c3ccc(Br)cc3)cc2N1CC1(CC)C=CC=CC1)=C\c1oc2ccc(-c3ccc(Br)cc3)cc2[n+]1CS(=O)(=O)O. The van der Waals surface area contributed by atoms with Crippen molar-refractivity contribution in [3.63, 3.8) is 0 Å². The molecule has 260 valence electrons. The van der Waals surface area contributed by atoms with E-state index in [0.29, 0.717) is 35.8 Å². The Kier molecular flexibility index (Phi) is 9.95. The molecule has 4 aromatic carbocycles. The van der Waals surface area contributed by atoms with Crippen molar-refractivity contribution in [3.8, 4) is 28.0 Å². The van der Waals surface area contributed by atoms with Crippen molar-refractivity contribution in [2.75, 3.05) is 11.4 Å². The number of anilines is 1. The fourth-order valence-corrected chi connectivity index (χ4v) is 7.72. The van der Waals surface area contributed by atoms with Gasteiger partial charge in [0.2, 0.25) is 11.5 Å². The molecule has 5 aromatic rings. The normalized spacial score (nSPS) is 18.1. The molecule has 1 unspecified atom stereocenters. The van der Waals surface area contributed by atoms with E-state index in [9.17, 15) is 13.0 Å². The predicted molar refractivity (Wildman–Crippen MR) is 211 cm³/mol. The van der Waals surface area contributed by atoms with E-state index >= 15 is 0 Å². The van der Waals surface area contributed by atoms with Gasteiger partial charge in [-0.1, -0.05) is 106 Å². The van der Waals surface area contributed by atoms with E-state index < -0.39 is 16.0 Å². The van der Waals surface area contributed by atoms with Gasteiger partial charge in [0.1, 0.15) is 0 Å². The molecule has 0 saturated heterocycles. The van der Waals surface area contributed by atoms with E-state index in [4.69, 9.17) is 9.15 Å². The van der Waals surface area contributed by atoms with Crippen LogP contribution in [0.2, 0.25) is 0 Å². The van der Waals surface area contributed by atoms with E-state index in [1.54, 1.807) is 0 Å². The number of benzene rings is 4. The number of allylic oxidation sites excluding steroid dienone is 5. The Bertz CT molecular complexity index is 2340. The first kappa shape index (κ1) is 35.2. The molecule has 0 fully saturated rings. The van der Waals surface area contributed by atoms with Crippen LogP contribution in [0.3, 0.4) is 0 Å². The first-order chi connectivity index (χ1) is 24.5. The number of oxazole rings is 1. The highest BCUT2D eigenvalue weighted by Gasteiger charge is 2.35. The largest absolute Gasteiger partial charge is 0.439 e. The minimum Gasteiger partial charge on any atom is -0.439 e. The third-order valence-corrected chi connectivity index (χ3v) is 11.2. The van der Waals surface area contributed by atoms with Crippen molar-refractivity contribution >= 4 is 64.8 Å². The van der Waals surface area contributed by atoms with Crippen LogP contribution in [0.25, 0.3) is 39.4 Å². The van der Waals surface area contributed by atoms with E-state index in [2.05, 4.69) is 92.3 Å². The van der Waals surface area contributed by atoms with Crippen molar-refractivity contribution in [2.24, 2.45) is 5.41 Å². The van der Waals surface area contributed by atoms with Crippen LogP contribution >= 0.6 is 31.9 Å². The number of ether oxygens (including phenoxy) is 1. The summed E-state index contributed by atoms with van der Waals surface area (Å²) in [4.78, 5) is 2.25. The summed E-state index contributed by atoms with van der Waals surface area (Å²) in [6, 6.07) is 28.1. The van der Waals surface area contributed by atoms with Crippen molar-refractivity contribution in [2.45, 2.75) is 39.0 Å². The van der Waals surface area contributed by atoms with Gasteiger partial charge in [-0.2, -0.15) is 8.42 Å². The van der Waals surface area contributed by atoms with Crippen molar-refractivity contribution in [1.82, 2.24) is 0 Å². The lowest BCUT2D eigenvalue weighted by Crippen LogP contribution is -2.39. The zero-order valence-corrected chi connectivity index (χ0v) is 32.2. The van der Waals surface area contributed by atoms with Crippen LogP contribution in [0.5, 0.6) is 5.75 Å². The van der Waals surface area contributed by atoms with E-state index in [1.807, 2.05) is 79.7 Å². The maximum Gasteiger partial charge on any atom is 0.375 e. The number of nitrogens with zero attached hydrogens (tertiary/aromatic N) is 2. The van der Waals surface area contributed by atoms with E-state index in [1.165, 1.54) is 4.57 Å². The molecule has 0 radical (unpaired) electrons. The molecule has 1 atom stereocenters. The van der Waals surface area contributed by atoms with Gasteiger partial charge in [0.15, 0.2) is 5.75 Å². The Labute approximate surface area is 315 Å². The number of hydrogen-bond acceptors (Lipinski definition) is 5. The standard InChI is InChI=1S/C41H36Br2N2O5S/c1-3-28(23-40-45(27-51(46,47)48)36-25-32(13-19-38(36)50-40)30-10-16-34(43)17-11-30)22-39-44(26-41(4-2)20-6-5-7-21-41)35-24-31(12-18-37(35)49-39)29-8-14-33(42)15-9-29/h5-20,22-25H,3-4,21,26-27H2,1-2H3/p+1. The molecule has 1 aliphatic heterocycles. The van der Waals surface area contributed by atoms with Crippen LogP contribution in [0.1, 0.15) is 39.0 Å². The summed E-state index contributed by atoms with van der Waals surface area (Å²) in [7, 11) is -4.41. The summed E-state index contributed by atoms with van der Waals surface area (Å²) in [6.07, 6.45) is 15.0. The molecular weight excluding hydrogens is 792 g/mol. The first-order valence-electron chi connectivity index (χ1n) is 16.8. The second-order valence-corrected chi connectivity index (χ2v) is 16.2. The molecule has 2 aliphatic rings. The number of halogens is 2. The van der Waals surface area contributed by atoms with Crippen molar-refractivity contribution < 1.29 is 26.7 Å². The van der Waals surface area contributed by atoms with Gasteiger partial charge in [-0.15, -0.1) is 4.57 Å². The van der Waals surface area contributed by atoms with E-state index in [-0.39, 0.29) is 5.41 Å². The third kappa shape index (κ3) is 7.70. The average Bonchev–Trinajstić information content (AvgIpc) is 3.63. The zero-order valence-electron chi connectivity index (χ0n) is 28.2. The second kappa shape index (κ2) is 14.4. The zero-order chi connectivity index (χ0) is 35.8. The lowest BCUT2D eigenvalue weighted by molar-refractivity contribution is -0.658. The van der Waals surface area contributed by atoms with Gasteiger partial charge in [-0.05, 0) is 89.6 Å². The Balaban J connectivity index is 1.32. The molecule has 51 heavy (non-hydrogen) atoms. The minimum absolute atomic E-state index is 0.0910. The fraction of sp³-hybridized carbons (Fsp3) is 0.195. The highest BCUT2D eigenvalue weighted by atomic mass is 79.9. The number of aromatic nitrogens is 1. The van der Waals surface area contributed by atoms with Crippen LogP contribution in [-0.2, 0) is 16.0 Å². The highest BCUT2D eigenvalue weighted by molar-refractivity contribution is 9.10. The van der Waals surface area contributed by atoms with Crippen molar-refractivity contribution in [1.29, 1.82) is 0 Å². The van der Waals surface area contributed by atoms with Crippen LogP contribution in [0, 0.1) is 5.41 Å². The lowest BCUT2D eigenvalue weighted by Gasteiger charge is -2.35. The molecule has 1 aliphatic carbocycles. The first-order valence-corrected chi connectivity index (χ1v) is 20.0. The molecule has 0 saturated carbocycles. The number of hydrogen-bond donors (Lipinski definition) is 1. The van der Waals surface area contributed by atoms with Gasteiger partial charge in [0, 0.05) is 33.0 Å². The summed E-state index contributed by atoms with van der Waals surface area (Å²) >= 11 is 7.03. The van der Waals surface area contributed by atoms with Gasteiger partial charge in [-0.3, -0.25) is 4.55 Å². The fourth-order valence-electron chi connectivity index (χ4n) is 6.60. The molecule has 1 N–H and O–H groups in total. The molecule has 0 spiro atoms. The monoisotopic (exact) mass is 827 g/mol. The topological polar surface area (TPSA) is 83.9 Å². The Morgan fingerprint density at radius 2 is 1.55 bits per heavy atom. The molecule has 0 amide bonds. The molecule has 1 aromatic heterocycles. The lowest BCUT2D eigenvalue weighted by atomic mass is 9.78. The van der Waals surface area contributed by atoms with Crippen LogP contribution in [0.4, 0.5) is 5.69 Å². The van der Waals surface area contributed by atoms with Gasteiger partial charge < -0.3 is 14.1 Å². The summed E-state index contributed by atoms with van der Waals surface area (Å²) in [6.45, 7) is 4.96. The summed E-state index contributed by atoms with van der Waals surface area (Å²) in [5.41, 5.74) is 6.85. The van der Waals surface area contributed by atoms with Gasteiger partial charge in [0.25, 0.3) is 11.4 Å². The smallest absolute Gasteiger partial charge is 0.375 e. The van der Waals surface area contributed by atoms with Crippen LogP contribution < -0.4 is 14.2 Å². The quantitative estimate of drug-likeness (QED) is 0.111.